The quantitative estimate of drug-likeness (QED) is 0.793. The second-order valence-corrected chi connectivity index (χ2v) is 6.60. The van der Waals surface area contributed by atoms with Crippen LogP contribution in [0.25, 0.3) is 10.9 Å². The van der Waals surface area contributed by atoms with Crippen molar-refractivity contribution in [2.75, 3.05) is 13.2 Å². The topological polar surface area (TPSA) is 23.4 Å². The summed E-state index contributed by atoms with van der Waals surface area (Å²) in [6.07, 6.45) is 6.70. The Hall–Kier alpha value is -1.32. The van der Waals surface area contributed by atoms with Gasteiger partial charge in [0.25, 0.3) is 0 Å². The smallest absolute Gasteiger partial charge is 0.168 e. The van der Waals surface area contributed by atoms with E-state index < -0.39 is 0 Å². The second kappa shape index (κ2) is 4.85. The molecule has 2 fully saturated rings. The van der Waals surface area contributed by atoms with E-state index in [4.69, 9.17) is 9.47 Å². The average molecular weight is 285 g/mol. The minimum Gasteiger partial charge on any atom is -0.350 e. The van der Waals surface area contributed by atoms with Gasteiger partial charge in [0.1, 0.15) is 0 Å². The Morgan fingerprint density at radius 1 is 1.14 bits per heavy atom. The third-order valence-electron chi connectivity index (χ3n) is 5.18. The lowest BCUT2D eigenvalue weighted by atomic mass is 9.81. The minimum atomic E-state index is -0.253. The van der Waals surface area contributed by atoms with Gasteiger partial charge < -0.3 is 14.0 Å². The first kappa shape index (κ1) is 13.4. The van der Waals surface area contributed by atoms with Crippen LogP contribution >= 0.6 is 0 Å². The van der Waals surface area contributed by atoms with Crippen molar-refractivity contribution < 1.29 is 9.47 Å². The molecule has 1 aliphatic carbocycles. The van der Waals surface area contributed by atoms with Crippen molar-refractivity contribution in [2.45, 2.75) is 44.3 Å². The number of nitrogens with zero attached hydrogens (tertiary/aromatic N) is 1. The van der Waals surface area contributed by atoms with Gasteiger partial charge in [-0.2, -0.15) is 0 Å². The van der Waals surface area contributed by atoms with Gasteiger partial charge in [0, 0.05) is 37.0 Å². The van der Waals surface area contributed by atoms with E-state index in [1.54, 1.807) is 0 Å². The van der Waals surface area contributed by atoms with Crippen molar-refractivity contribution in [1.29, 1.82) is 0 Å². The van der Waals surface area contributed by atoms with Crippen LogP contribution < -0.4 is 0 Å². The summed E-state index contributed by atoms with van der Waals surface area (Å²) in [6, 6.07) is 6.77. The van der Waals surface area contributed by atoms with E-state index >= 15 is 0 Å². The molecule has 0 N–H and O–H groups in total. The largest absolute Gasteiger partial charge is 0.350 e. The van der Waals surface area contributed by atoms with Crippen molar-refractivity contribution in [3.05, 3.63) is 35.5 Å². The predicted molar refractivity (Wildman–Crippen MR) is 83.5 cm³/mol. The first-order valence-corrected chi connectivity index (χ1v) is 8.00. The summed E-state index contributed by atoms with van der Waals surface area (Å²) in [5.74, 6) is 0.380. The van der Waals surface area contributed by atoms with Crippen molar-refractivity contribution in [3.63, 3.8) is 0 Å². The van der Waals surface area contributed by atoms with Gasteiger partial charge in [0.05, 0.1) is 13.2 Å². The van der Waals surface area contributed by atoms with Crippen LogP contribution in [0.5, 0.6) is 0 Å². The van der Waals surface area contributed by atoms with Gasteiger partial charge in [-0.25, -0.2) is 0 Å². The number of hydrogen-bond acceptors (Lipinski definition) is 2. The number of rotatable bonds is 1. The summed E-state index contributed by atoms with van der Waals surface area (Å²) in [5, 5.41) is 1.42. The van der Waals surface area contributed by atoms with Crippen LogP contribution in [-0.2, 0) is 16.5 Å². The lowest BCUT2D eigenvalue weighted by molar-refractivity contribution is -0.178. The molecule has 2 heterocycles. The molecule has 112 valence electrons. The number of aryl methyl sites for hydroxylation is 2. The van der Waals surface area contributed by atoms with Crippen LogP contribution in [0.4, 0.5) is 0 Å². The highest BCUT2D eigenvalue weighted by Gasteiger charge is 2.40. The highest BCUT2D eigenvalue weighted by Crippen LogP contribution is 2.44. The third-order valence-corrected chi connectivity index (χ3v) is 5.18. The maximum Gasteiger partial charge on any atom is 0.168 e. The van der Waals surface area contributed by atoms with E-state index in [1.807, 2.05) is 0 Å². The third kappa shape index (κ3) is 2.19. The van der Waals surface area contributed by atoms with E-state index in [-0.39, 0.29) is 5.79 Å². The maximum atomic E-state index is 5.85. The first-order chi connectivity index (χ1) is 10.2. The number of aromatic nitrogens is 1. The highest BCUT2D eigenvalue weighted by molar-refractivity contribution is 5.85. The van der Waals surface area contributed by atoms with Crippen molar-refractivity contribution in [1.82, 2.24) is 4.57 Å². The molecule has 1 spiro atoms. The molecule has 0 atom stereocenters. The Balaban J connectivity index is 1.64. The van der Waals surface area contributed by atoms with Crippen molar-refractivity contribution >= 4 is 10.9 Å². The van der Waals surface area contributed by atoms with E-state index in [0.717, 1.165) is 38.9 Å². The molecule has 3 heteroatoms. The van der Waals surface area contributed by atoms with Crippen LogP contribution in [0.1, 0.15) is 42.7 Å². The average Bonchev–Trinajstić information content (AvgIpc) is 3.06. The maximum absolute atomic E-state index is 5.85. The Kier molecular flexibility index (Phi) is 3.09. The standard InChI is InChI=1S/C18H23NO2/c1-13-3-4-17-15(11-13)16(12-19(17)2)14-5-7-18(8-6-14)20-9-10-21-18/h3-4,11-12,14H,5-10H2,1-2H3. The second-order valence-electron chi connectivity index (χ2n) is 6.60. The minimum absolute atomic E-state index is 0.253. The van der Waals surface area contributed by atoms with Gasteiger partial charge >= 0.3 is 0 Å². The molecule has 21 heavy (non-hydrogen) atoms. The molecule has 0 bridgehead atoms. The molecule has 1 saturated heterocycles. The number of benzene rings is 1. The van der Waals surface area contributed by atoms with Crippen molar-refractivity contribution in [3.8, 4) is 0 Å². The molecule has 0 unspecified atom stereocenters. The van der Waals surface area contributed by atoms with Gasteiger partial charge in [-0.3, -0.25) is 0 Å². The molecule has 2 aliphatic rings. The molecule has 1 aromatic carbocycles. The molecule has 1 aliphatic heterocycles. The fourth-order valence-corrected chi connectivity index (χ4v) is 4.02. The Morgan fingerprint density at radius 3 is 2.57 bits per heavy atom. The molecule has 3 nitrogen and oxygen atoms in total. The highest BCUT2D eigenvalue weighted by atomic mass is 16.7. The number of hydrogen-bond donors (Lipinski definition) is 0. The molecule has 1 aromatic heterocycles. The Bertz CT molecular complexity index is 657. The lowest BCUT2D eigenvalue weighted by Crippen LogP contribution is -2.34. The van der Waals surface area contributed by atoms with E-state index in [0.29, 0.717) is 5.92 Å². The molecule has 0 amide bonds. The zero-order chi connectivity index (χ0) is 14.4. The van der Waals surface area contributed by atoms with Gasteiger partial charge in [-0.05, 0) is 43.4 Å². The zero-order valence-electron chi connectivity index (χ0n) is 12.9. The van der Waals surface area contributed by atoms with Crippen molar-refractivity contribution in [2.24, 2.45) is 7.05 Å². The van der Waals surface area contributed by atoms with Crippen LogP contribution in [0.2, 0.25) is 0 Å². The Labute approximate surface area is 125 Å². The van der Waals surface area contributed by atoms with Crippen LogP contribution in [0.15, 0.2) is 24.4 Å². The van der Waals surface area contributed by atoms with Crippen LogP contribution in [0.3, 0.4) is 0 Å². The normalized spacial score (nSPS) is 22.4. The first-order valence-electron chi connectivity index (χ1n) is 8.00. The van der Waals surface area contributed by atoms with E-state index in [2.05, 4.69) is 42.9 Å². The summed E-state index contributed by atoms with van der Waals surface area (Å²) in [6.45, 7) is 3.70. The summed E-state index contributed by atoms with van der Waals surface area (Å²) in [5.41, 5.74) is 4.18. The number of fused-ring (bicyclic) bond motifs is 1. The molecular formula is C18H23NO2. The summed E-state index contributed by atoms with van der Waals surface area (Å²) < 4.78 is 14.0. The van der Waals surface area contributed by atoms with Gasteiger partial charge in [-0.1, -0.05) is 11.6 Å². The van der Waals surface area contributed by atoms with Gasteiger partial charge in [-0.15, -0.1) is 0 Å². The summed E-state index contributed by atoms with van der Waals surface area (Å²) in [4.78, 5) is 0. The van der Waals surface area contributed by atoms with Gasteiger partial charge in [0.2, 0.25) is 0 Å². The summed E-state index contributed by atoms with van der Waals surface area (Å²) >= 11 is 0. The molecule has 2 aromatic rings. The summed E-state index contributed by atoms with van der Waals surface area (Å²) in [7, 11) is 2.15. The molecule has 1 saturated carbocycles. The lowest BCUT2D eigenvalue weighted by Gasteiger charge is -2.35. The van der Waals surface area contributed by atoms with Gasteiger partial charge in [0.15, 0.2) is 5.79 Å². The fraction of sp³-hybridized carbons (Fsp3) is 0.556. The SMILES string of the molecule is Cc1ccc2c(c1)c(C1CCC3(CC1)OCCO3)cn2C. The van der Waals surface area contributed by atoms with Crippen LogP contribution in [-0.4, -0.2) is 23.6 Å². The van der Waals surface area contributed by atoms with Crippen LogP contribution in [0, 0.1) is 6.92 Å². The number of ether oxygens (including phenoxy) is 2. The monoisotopic (exact) mass is 285 g/mol. The Morgan fingerprint density at radius 2 is 1.86 bits per heavy atom. The fourth-order valence-electron chi connectivity index (χ4n) is 4.02. The molecular weight excluding hydrogens is 262 g/mol. The molecule has 4 rings (SSSR count). The molecule has 0 radical (unpaired) electrons. The van der Waals surface area contributed by atoms with E-state index in [1.165, 1.54) is 22.0 Å². The van der Waals surface area contributed by atoms with E-state index in [9.17, 15) is 0 Å². The zero-order valence-corrected chi connectivity index (χ0v) is 12.9. The predicted octanol–water partition coefficient (Wildman–Crippen LogP) is 3.89.